The first-order chi connectivity index (χ1) is 16.9. The fourth-order valence-electron chi connectivity index (χ4n) is 3.82. The Morgan fingerprint density at radius 2 is 1.86 bits per heavy atom. The fourth-order valence-corrected chi connectivity index (χ4v) is 4.37. The Morgan fingerprint density at radius 3 is 2.54 bits per heavy atom. The van der Waals surface area contributed by atoms with Gasteiger partial charge in [-0.1, -0.05) is 17.3 Å². The SMILES string of the molecule is COc1ccc(I)cc1Cn1cc(COc2ccc(-c3c(C)cc(C#N)c(N)c3C#N)cc2)nn1. The molecule has 1 heterocycles. The molecule has 35 heavy (non-hydrogen) atoms. The van der Waals surface area contributed by atoms with Crippen molar-refractivity contribution in [3.63, 3.8) is 0 Å². The second-order valence-electron chi connectivity index (χ2n) is 7.80. The van der Waals surface area contributed by atoms with E-state index in [1.165, 1.54) is 0 Å². The number of nitrogens with zero attached hydrogens (tertiary/aromatic N) is 5. The van der Waals surface area contributed by atoms with E-state index in [0.29, 0.717) is 34.7 Å². The number of rotatable bonds is 7. The average molecular weight is 576 g/mol. The largest absolute Gasteiger partial charge is 0.496 e. The summed E-state index contributed by atoms with van der Waals surface area (Å²) in [5.74, 6) is 1.46. The number of benzene rings is 3. The van der Waals surface area contributed by atoms with Gasteiger partial charge in [-0.15, -0.1) is 5.10 Å². The minimum atomic E-state index is 0.196. The second-order valence-corrected chi connectivity index (χ2v) is 9.05. The summed E-state index contributed by atoms with van der Waals surface area (Å²) in [4.78, 5) is 0. The Hall–Kier alpha value is -4.09. The predicted octanol–water partition coefficient (Wildman–Crippen LogP) is 4.82. The van der Waals surface area contributed by atoms with E-state index in [1.54, 1.807) is 17.9 Å². The molecule has 2 N–H and O–H groups in total. The van der Waals surface area contributed by atoms with Gasteiger partial charge >= 0.3 is 0 Å². The molecule has 0 spiro atoms. The number of methoxy groups -OCH3 is 1. The Morgan fingerprint density at radius 1 is 1.09 bits per heavy atom. The third kappa shape index (κ3) is 5.20. The molecule has 9 heteroatoms. The van der Waals surface area contributed by atoms with Crippen LogP contribution in [0.25, 0.3) is 11.1 Å². The summed E-state index contributed by atoms with van der Waals surface area (Å²) < 4.78 is 14.2. The van der Waals surface area contributed by atoms with E-state index in [2.05, 4.69) is 45.0 Å². The van der Waals surface area contributed by atoms with Gasteiger partial charge in [-0.3, -0.25) is 0 Å². The molecule has 0 unspecified atom stereocenters. The monoisotopic (exact) mass is 576 g/mol. The summed E-state index contributed by atoms with van der Waals surface area (Å²) in [6.07, 6.45) is 1.84. The van der Waals surface area contributed by atoms with Crippen LogP contribution in [-0.2, 0) is 13.2 Å². The summed E-state index contributed by atoms with van der Waals surface area (Å²) in [6.45, 7) is 2.65. The number of ether oxygens (including phenoxy) is 2. The lowest BCUT2D eigenvalue weighted by molar-refractivity contribution is 0.301. The zero-order chi connectivity index (χ0) is 24.9. The summed E-state index contributed by atoms with van der Waals surface area (Å²) >= 11 is 2.27. The van der Waals surface area contributed by atoms with E-state index >= 15 is 0 Å². The zero-order valence-electron chi connectivity index (χ0n) is 19.1. The number of hydrogen-bond acceptors (Lipinski definition) is 7. The van der Waals surface area contributed by atoms with Gasteiger partial charge in [0.1, 0.15) is 35.9 Å². The van der Waals surface area contributed by atoms with E-state index < -0.39 is 0 Å². The maximum atomic E-state index is 9.62. The van der Waals surface area contributed by atoms with Gasteiger partial charge in [0.2, 0.25) is 0 Å². The first-order valence-electron chi connectivity index (χ1n) is 10.6. The van der Waals surface area contributed by atoms with E-state index in [1.807, 2.05) is 55.6 Å². The first kappa shape index (κ1) is 24.0. The summed E-state index contributed by atoms with van der Waals surface area (Å²) in [5, 5.41) is 27.3. The third-order valence-electron chi connectivity index (χ3n) is 5.49. The van der Waals surface area contributed by atoms with Crippen molar-refractivity contribution >= 4 is 28.3 Å². The van der Waals surface area contributed by atoms with E-state index in [9.17, 15) is 10.5 Å². The molecule has 3 aromatic carbocycles. The lowest BCUT2D eigenvalue weighted by Gasteiger charge is -2.13. The van der Waals surface area contributed by atoms with Crippen LogP contribution in [0.4, 0.5) is 5.69 Å². The number of aryl methyl sites for hydroxylation is 1. The first-order valence-corrected chi connectivity index (χ1v) is 11.7. The molecule has 0 amide bonds. The Balaban J connectivity index is 1.46. The molecule has 0 aliphatic rings. The Labute approximate surface area is 216 Å². The van der Waals surface area contributed by atoms with E-state index in [4.69, 9.17) is 15.2 Å². The van der Waals surface area contributed by atoms with Crippen molar-refractivity contribution in [2.24, 2.45) is 0 Å². The molecule has 0 radical (unpaired) electrons. The van der Waals surface area contributed by atoms with Gasteiger partial charge in [0, 0.05) is 14.7 Å². The van der Waals surface area contributed by atoms with Crippen LogP contribution in [0.5, 0.6) is 11.5 Å². The van der Waals surface area contributed by atoms with Crippen LogP contribution >= 0.6 is 22.6 Å². The highest BCUT2D eigenvalue weighted by Gasteiger charge is 2.16. The molecule has 0 saturated carbocycles. The highest BCUT2D eigenvalue weighted by molar-refractivity contribution is 14.1. The van der Waals surface area contributed by atoms with E-state index in [-0.39, 0.29) is 12.3 Å². The average Bonchev–Trinajstić information content (AvgIpc) is 3.31. The van der Waals surface area contributed by atoms with Crippen molar-refractivity contribution in [2.45, 2.75) is 20.1 Å². The van der Waals surface area contributed by atoms with Gasteiger partial charge in [0.25, 0.3) is 0 Å². The minimum Gasteiger partial charge on any atom is -0.496 e. The highest BCUT2D eigenvalue weighted by Crippen LogP contribution is 2.34. The smallest absolute Gasteiger partial charge is 0.134 e. The quantitative estimate of drug-likeness (QED) is 0.247. The fraction of sp³-hybridized carbons (Fsp3) is 0.154. The van der Waals surface area contributed by atoms with Crippen molar-refractivity contribution < 1.29 is 9.47 Å². The standard InChI is InChI=1S/C26H21IN6O2/c1-16-9-18(11-28)26(30)23(12-29)25(16)17-3-6-22(7-4-17)35-15-21-14-33(32-31-21)13-19-10-20(27)5-8-24(19)34-2/h3-10,14H,13,15,30H2,1-2H3. The number of hydrogen-bond donors (Lipinski definition) is 1. The molecule has 0 bridgehead atoms. The normalized spacial score (nSPS) is 10.4. The van der Waals surface area contributed by atoms with Gasteiger partial charge in [0.05, 0.1) is 36.7 Å². The lowest BCUT2D eigenvalue weighted by atomic mass is 9.92. The number of halogens is 1. The van der Waals surface area contributed by atoms with Gasteiger partial charge in [-0.05, 0) is 77.0 Å². The van der Waals surface area contributed by atoms with Crippen LogP contribution in [0, 0.1) is 33.2 Å². The van der Waals surface area contributed by atoms with Crippen LogP contribution in [-0.4, -0.2) is 22.1 Å². The molecule has 0 atom stereocenters. The minimum absolute atomic E-state index is 0.196. The van der Waals surface area contributed by atoms with Crippen LogP contribution < -0.4 is 15.2 Å². The van der Waals surface area contributed by atoms with Crippen molar-refractivity contribution in [1.29, 1.82) is 10.5 Å². The molecule has 0 saturated heterocycles. The zero-order valence-corrected chi connectivity index (χ0v) is 21.3. The molecule has 8 nitrogen and oxygen atoms in total. The van der Waals surface area contributed by atoms with Gasteiger partial charge in [-0.2, -0.15) is 10.5 Å². The van der Waals surface area contributed by atoms with Crippen LogP contribution in [0.15, 0.2) is 54.7 Å². The van der Waals surface area contributed by atoms with Crippen molar-refractivity contribution in [3.8, 4) is 34.8 Å². The summed E-state index contributed by atoms with van der Waals surface area (Å²) in [6, 6.07) is 19.2. The molecule has 0 aliphatic heterocycles. The summed E-state index contributed by atoms with van der Waals surface area (Å²) in [5.41, 5.74) is 10.9. The molecular weight excluding hydrogens is 555 g/mol. The third-order valence-corrected chi connectivity index (χ3v) is 6.16. The van der Waals surface area contributed by atoms with E-state index in [0.717, 1.165) is 26.0 Å². The number of nitrogen functional groups attached to an aromatic ring is 1. The highest BCUT2D eigenvalue weighted by atomic mass is 127. The molecule has 1 aromatic heterocycles. The molecule has 0 fully saturated rings. The van der Waals surface area contributed by atoms with Gasteiger partial charge in [-0.25, -0.2) is 4.68 Å². The lowest BCUT2D eigenvalue weighted by Crippen LogP contribution is -2.03. The Bertz CT molecular complexity index is 1470. The summed E-state index contributed by atoms with van der Waals surface area (Å²) in [7, 11) is 1.65. The molecular formula is C26H21IN6O2. The van der Waals surface area contributed by atoms with Crippen molar-refractivity contribution in [3.05, 3.63) is 86.2 Å². The number of nitrogens with two attached hydrogens (primary N) is 1. The number of anilines is 1. The maximum absolute atomic E-state index is 9.62. The van der Waals surface area contributed by atoms with Crippen LogP contribution in [0.3, 0.4) is 0 Å². The van der Waals surface area contributed by atoms with Crippen LogP contribution in [0.2, 0.25) is 0 Å². The van der Waals surface area contributed by atoms with Crippen molar-refractivity contribution in [2.75, 3.05) is 12.8 Å². The van der Waals surface area contributed by atoms with Crippen molar-refractivity contribution in [1.82, 2.24) is 15.0 Å². The number of aromatic nitrogens is 3. The molecule has 174 valence electrons. The van der Waals surface area contributed by atoms with Gasteiger partial charge in [0.15, 0.2) is 0 Å². The molecule has 0 aliphatic carbocycles. The second kappa shape index (κ2) is 10.5. The number of nitriles is 2. The molecule has 4 aromatic rings. The van der Waals surface area contributed by atoms with Crippen LogP contribution in [0.1, 0.15) is 27.9 Å². The maximum Gasteiger partial charge on any atom is 0.134 e. The Kier molecular flexibility index (Phi) is 7.18. The van der Waals surface area contributed by atoms with Gasteiger partial charge < -0.3 is 15.2 Å². The predicted molar refractivity (Wildman–Crippen MR) is 140 cm³/mol. The topological polar surface area (TPSA) is 123 Å². The molecule has 4 rings (SSSR count).